The van der Waals surface area contributed by atoms with E-state index in [4.69, 9.17) is 9.47 Å². The van der Waals surface area contributed by atoms with Crippen molar-refractivity contribution < 1.29 is 14.3 Å². The Morgan fingerprint density at radius 2 is 1.83 bits per heavy atom. The Morgan fingerprint density at radius 3 is 2.50 bits per heavy atom. The molecule has 0 aromatic carbocycles. The first-order valence-corrected chi connectivity index (χ1v) is 7.34. The van der Waals surface area contributed by atoms with E-state index in [0.717, 1.165) is 25.0 Å². The number of esters is 1. The molecule has 0 radical (unpaired) electrons. The van der Waals surface area contributed by atoms with E-state index in [1.165, 1.54) is 44.9 Å². The lowest BCUT2D eigenvalue weighted by Gasteiger charge is -2.00. The average Bonchev–Trinajstić information content (AvgIpc) is 3.10. The highest BCUT2D eigenvalue weighted by atomic mass is 16.6. The second-order valence-electron chi connectivity index (χ2n) is 5.27. The van der Waals surface area contributed by atoms with E-state index in [-0.39, 0.29) is 5.97 Å². The molecule has 3 heteroatoms. The molecule has 2 fully saturated rings. The highest BCUT2D eigenvalue weighted by Crippen LogP contribution is 2.18. The van der Waals surface area contributed by atoms with Crippen molar-refractivity contribution in [2.45, 2.75) is 63.9 Å². The zero-order valence-electron chi connectivity index (χ0n) is 11.2. The molecule has 0 unspecified atom stereocenters. The van der Waals surface area contributed by atoms with Gasteiger partial charge in [-0.25, -0.2) is 4.79 Å². The summed E-state index contributed by atoms with van der Waals surface area (Å²) >= 11 is 0. The zero-order chi connectivity index (χ0) is 12.6. The number of carbonyl (C=O) groups excluding carboxylic acids is 1. The Labute approximate surface area is 110 Å². The van der Waals surface area contributed by atoms with Crippen LogP contribution in [0.3, 0.4) is 0 Å². The van der Waals surface area contributed by atoms with Crippen molar-refractivity contribution in [1.29, 1.82) is 0 Å². The lowest BCUT2D eigenvalue weighted by Crippen LogP contribution is -1.94. The van der Waals surface area contributed by atoms with Crippen LogP contribution >= 0.6 is 0 Å². The number of epoxide rings is 1. The fourth-order valence-electron chi connectivity index (χ4n) is 2.37. The highest BCUT2D eigenvalue weighted by Gasteiger charge is 2.20. The molecule has 0 aliphatic carbocycles. The molecule has 2 rings (SSSR count). The summed E-state index contributed by atoms with van der Waals surface area (Å²) in [4.78, 5) is 11.2. The molecule has 2 aliphatic heterocycles. The van der Waals surface area contributed by atoms with Crippen LogP contribution in [0.2, 0.25) is 0 Å². The third-order valence-electron chi connectivity index (χ3n) is 3.64. The molecule has 0 aromatic heterocycles. The lowest BCUT2D eigenvalue weighted by atomic mass is 10.1. The third kappa shape index (κ3) is 5.21. The molecule has 2 aliphatic rings. The van der Waals surface area contributed by atoms with Gasteiger partial charge in [0.15, 0.2) is 0 Å². The third-order valence-corrected chi connectivity index (χ3v) is 3.64. The number of hydrogen-bond acceptors (Lipinski definition) is 3. The molecule has 0 saturated carbocycles. The normalized spacial score (nSPS) is 24.6. The summed E-state index contributed by atoms with van der Waals surface area (Å²) in [6, 6.07) is 0. The number of rotatable bonds is 9. The standard InChI is InChI=1S/C15H24O3/c16-15-13(10-11-17-15)8-6-4-2-1-3-5-7-9-14-12-18-14/h8,14H,1-7,9-12H2/b13-8+/t14-/m1/s1. The Hall–Kier alpha value is -0.830. The van der Waals surface area contributed by atoms with Crippen LogP contribution in [0.25, 0.3) is 0 Å². The number of cyclic esters (lactones) is 1. The first-order valence-electron chi connectivity index (χ1n) is 7.34. The largest absolute Gasteiger partial charge is 0.462 e. The Bertz CT molecular complexity index is 292. The summed E-state index contributed by atoms with van der Waals surface area (Å²) in [5, 5.41) is 0. The predicted molar refractivity (Wildman–Crippen MR) is 70.3 cm³/mol. The summed E-state index contributed by atoms with van der Waals surface area (Å²) in [5.74, 6) is -0.0997. The van der Waals surface area contributed by atoms with Crippen LogP contribution in [-0.2, 0) is 14.3 Å². The first-order chi connectivity index (χ1) is 8.86. The summed E-state index contributed by atoms with van der Waals surface area (Å²) in [7, 11) is 0. The van der Waals surface area contributed by atoms with Crippen LogP contribution in [0.4, 0.5) is 0 Å². The topological polar surface area (TPSA) is 38.8 Å². The minimum absolute atomic E-state index is 0.0997. The van der Waals surface area contributed by atoms with Gasteiger partial charge in [-0.15, -0.1) is 0 Å². The number of hydrogen-bond donors (Lipinski definition) is 0. The highest BCUT2D eigenvalue weighted by molar-refractivity contribution is 5.90. The number of carbonyl (C=O) groups is 1. The molecular weight excluding hydrogens is 228 g/mol. The number of allylic oxidation sites excluding steroid dienone is 1. The van der Waals surface area contributed by atoms with E-state index in [1.807, 2.05) is 0 Å². The lowest BCUT2D eigenvalue weighted by molar-refractivity contribution is -0.135. The molecular formula is C15H24O3. The van der Waals surface area contributed by atoms with E-state index in [1.54, 1.807) is 0 Å². The molecule has 3 nitrogen and oxygen atoms in total. The predicted octanol–water partition coefficient (Wildman–Crippen LogP) is 3.38. The van der Waals surface area contributed by atoms with Gasteiger partial charge in [0.05, 0.1) is 19.3 Å². The monoisotopic (exact) mass is 252 g/mol. The maximum atomic E-state index is 11.2. The maximum absolute atomic E-state index is 11.2. The first kappa shape index (κ1) is 13.6. The molecule has 18 heavy (non-hydrogen) atoms. The van der Waals surface area contributed by atoms with Crippen LogP contribution in [0.15, 0.2) is 11.6 Å². The molecule has 0 N–H and O–H groups in total. The van der Waals surface area contributed by atoms with Gasteiger partial charge in [0, 0.05) is 12.0 Å². The molecule has 102 valence electrons. The van der Waals surface area contributed by atoms with Crippen molar-refractivity contribution in [3.8, 4) is 0 Å². The van der Waals surface area contributed by atoms with E-state index in [0.29, 0.717) is 12.7 Å². The van der Waals surface area contributed by atoms with Crippen LogP contribution in [0.5, 0.6) is 0 Å². The Balaban J connectivity index is 1.38. The van der Waals surface area contributed by atoms with Crippen molar-refractivity contribution in [3.05, 3.63) is 11.6 Å². The van der Waals surface area contributed by atoms with Crippen LogP contribution in [-0.4, -0.2) is 25.3 Å². The van der Waals surface area contributed by atoms with Crippen molar-refractivity contribution in [1.82, 2.24) is 0 Å². The van der Waals surface area contributed by atoms with E-state index in [9.17, 15) is 4.79 Å². The van der Waals surface area contributed by atoms with Crippen molar-refractivity contribution in [2.24, 2.45) is 0 Å². The average molecular weight is 252 g/mol. The maximum Gasteiger partial charge on any atom is 0.333 e. The van der Waals surface area contributed by atoms with Crippen LogP contribution in [0.1, 0.15) is 57.8 Å². The summed E-state index contributed by atoms with van der Waals surface area (Å²) in [6.45, 7) is 1.58. The molecule has 0 bridgehead atoms. The molecule has 2 heterocycles. The van der Waals surface area contributed by atoms with E-state index in [2.05, 4.69) is 6.08 Å². The van der Waals surface area contributed by atoms with Gasteiger partial charge in [-0.05, 0) is 19.3 Å². The summed E-state index contributed by atoms with van der Waals surface area (Å²) in [5.41, 5.74) is 0.888. The molecule has 0 aromatic rings. The van der Waals surface area contributed by atoms with E-state index >= 15 is 0 Å². The van der Waals surface area contributed by atoms with Gasteiger partial charge >= 0.3 is 5.97 Å². The number of unbranched alkanes of at least 4 members (excludes halogenated alkanes) is 6. The van der Waals surface area contributed by atoms with E-state index < -0.39 is 0 Å². The summed E-state index contributed by atoms with van der Waals surface area (Å²) < 4.78 is 10.1. The second-order valence-corrected chi connectivity index (χ2v) is 5.27. The van der Waals surface area contributed by atoms with Gasteiger partial charge in [0.1, 0.15) is 0 Å². The zero-order valence-corrected chi connectivity index (χ0v) is 11.2. The van der Waals surface area contributed by atoms with Crippen molar-refractivity contribution in [2.75, 3.05) is 13.2 Å². The van der Waals surface area contributed by atoms with Gasteiger partial charge in [-0.3, -0.25) is 0 Å². The van der Waals surface area contributed by atoms with Crippen LogP contribution in [0, 0.1) is 0 Å². The van der Waals surface area contributed by atoms with Gasteiger partial charge in [0.25, 0.3) is 0 Å². The van der Waals surface area contributed by atoms with Crippen molar-refractivity contribution >= 4 is 5.97 Å². The summed E-state index contributed by atoms with van der Waals surface area (Å²) in [6.07, 6.45) is 13.6. The Morgan fingerprint density at radius 1 is 1.11 bits per heavy atom. The van der Waals surface area contributed by atoms with Gasteiger partial charge in [0.2, 0.25) is 0 Å². The molecule has 0 spiro atoms. The molecule has 1 atom stereocenters. The minimum atomic E-state index is -0.0997. The quantitative estimate of drug-likeness (QED) is 0.273. The van der Waals surface area contributed by atoms with Gasteiger partial charge in [-0.2, -0.15) is 0 Å². The van der Waals surface area contributed by atoms with Gasteiger partial charge in [-0.1, -0.05) is 38.2 Å². The SMILES string of the molecule is O=C1OCC/C1=C\CCCCCCCC[C@@H]1CO1. The van der Waals surface area contributed by atoms with Crippen LogP contribution < -0.4 is 0 Å². The van der Waals surface area contributed by atoms with Gasteiger partial charge < -0.3 is 9.47 Å². The smallest absolute Gasteiger partial charge is 0.333 e. The number of ether oxygens (including phenoxy) is 2. The molecule has 2 saturated heterocycles. The van der Waals surface area contributed by atoms with Crippen molar-refractivity contribution in [3.63, 3.8) is 0 Å². The molecule has 0 amide bonds. The second kappa shape index (κ2) is 7.57. The fourth-order valence-corrected chi connectivity index (χ4v) is 2.37. The Kier molecular flexibility index (Phi) is 5.72. The fraction of sp³-hybridized carbons (Fsp3) is 0.800. The minimum Gasteiger partial charge on any atom is -0.462 e.